The van der Waals surface area contributed by atoms with Crippen LogP contribution in [0.3, 0.4) is 0 Å². The van der Waals surface area contributed by atoms with Gasteiger partial charge in [0.2, 0.25) is 0 Å². The summed E-state index contributed by atoms with van der Waals surface area (Å²) in [5.41, 5.74) is 3.85. The fourth-order valence-corrected chi connectivity index (χ4v) is 3.15. The first-order valence-corrected chi connectivity index (χ1v) is 10.6. The molecule has 0 bridgehead atoms. The van der Waals surface area contributed by atoms with Gasteiger partial charge in [-0.05, 0) is 79.8 Å². The molecule has 1 unspecified atom stereocenters. The van der Waals surface area contributed by atoms with Crippen molar-refractivity contribution < 1.29 is 19.1 Å². The van der Waals surface area contributed by atoms with E-state index in [1.54, 1.807) is 37.3 Å². The van der Waals surface area contributed by atoms with Gasteiger partial charge >= 0.3 is 11.9 Å². The number of aryl methyl sites for hydroxylation is 2. The highest BCUT2D eigenvalue weighted by molar-refractivity contribution is 5.93. The third-order valence-corrected chi connectivity index (χ3v) is 5.32. The minimum atomic E-state index is -0.450. The first-order valence-electron chi connectivity index (χ1n) is 10.6. The summed E-state index contributed by atoms with van der Waals surface area (Å²) in [7, 11) is 0. The van der Waals surface area contributed by atoms with Crippen LogP contribution in [0.4, 0.5) is 0 Å². The van der Waals surface area contributed by atoms with Gasteiger partial charge in [0, 0.05) is 0 Å². The largest absolute Gasteiger partial charge is 0.423 e. The minimum absolute atomic E-state index is 0.399. The fourth-order valence-electron chi connectivity index (χ4n) is 3.15. The molecule has 0 N–H and O–H groups in total. The number of esters is 2. The summed E-state index contributed by atoms with van der Waals surface area (Å²) in [6, 6.07) is 19.7. The Morgan fingerprint density at radius 3 is 2.03 bits per heavy atom. The third kappa shape index (κ3) is 6.05. The maximum absolute atomic E-state index is 12.5. The molecule has 0 radical (unpaired) electrons. The van der Waals surface area contributed by atoms with E-state index in [0.717, 1.165) is 18.4 Å². The average molecular weight is 417 g/mol. The van der Waals surface area contributed by atoms with Gasteiger partial charge in [-0.1, -0.05) is 50.1 Å². The molecule has 0 aliphatic carbocycles. The van der Waals surface area contributed by atoms with Gasteiger partial charge in [-0.15, -0.1) is 0 Å². The molecule has 0 aromatic heterocycles. The number of hydrogen-bond donors (Lipinski definition) is 0. The van der Waals surface area contributed by atoms with Crippen LogP contribution in [0.25, 0.3) is 0 Å². The Kier molecular flexibility index (Phi) is 7.24. The molecule has 0 amide bonds. The van der Waals surface area contributed by atoms with Gasteiger partial charge in [-0.25, -0.2) is 9.59 Å². The van der Waals surface area contributed by atoms with Crippen LogP contribution in [0.2, 0.25) is 0 Å². The SMILES string of the molecule is CCC(C)Cc1ccc(OC(=O)c2ccc(OC(=O)c3ccc(C)cc3)c(C)c2)cc1. The van der Waals surface area contributed by atoms with Crippen LogP contribution in [0.1, 0.15) is 57.7 Å². The molecule has 3 aromatic carbocycles. The predicted molar refractivity (Wildman–Crippen MR) is 122 cm³/mol. The van der Waals surface area contributed by atoms with Crippen molar-refractivity contribution >= 4 is 11.9 Å². The second kappa shape index (κ2) is 10.1. The molecule has 0 saturated heterocycles. The van der Waals surface area contributed by atoms with Crippen molar-refractivity contribution in [2.45, 2.75) is 40.5 Å². The number of hydrogen-bond acceptors (Lipinski definition) is 4. The maximum Gasteiger partial charge on any atom is 0.343 e. The molecule has 4 heteroatoms. The summed E-state index contributed by atoms with van der Waals surface area (Å²) >= 11 is 0. The lowest BCUT2D eigenvalue weighted by Crippen LogP contribution is -2.11. The van der Waals surface area contributed by atoms with E-state index in [0.29, 0.717) is 34.1 Å². The van der Waals surface area contributed by atoms with Crippen LogP contribution < -0.4 is 9.47 Å². The zero-order valence-electron chi connectivity index (χ0n) is 18.5. The summed E-state index contributed by atoms with van der Waals surface area (Å²) in [5.74, 6) is 0.655. The van der Waals surface area contributed by atoms with E-state index in [1.807, 2.05) is 43.3 Å². The highest BCUT2D eigenvalue weighted by atomic mass is 16.5. The maximum atomic E-state index is 12.5. The summed E-state index contributed by atoms with van der Waals surface area (Å²) in [5, 5.41) is 0. The molecular formula is C27H28O4. The van der Waals surface area contributed by atoms with Crippen molar-refractivity contribution in [3.63, 3.8) is 0 Å². The smallest absolute Gasteiger partial charge is 0.343 e. The zero-order valence-corrected chi connectivity index (χ0v) is 18.5. The molecule has 3 aromatic rings. The molecule has 0 heterocycles. The topological polar surface area (TPSA) is 52.6 Å². The van der Waals surface area contributed by atoms with Crippen molar-refractivity contribution in [1.82, 2.24) is 0 Å². The second-order valence-corrected chi connectivity index (χ2v) is 7.99. The van der Waals surface area contributed by atoms with Gasteiger partial charge in [0.05, 0.1) is 11.1 Å². The summed E-state index contributed by atoms with van der Waals surface area (Å²) in [4.78, 5) is 24.9. The van der Waals surface area contributed by atoms with Crippen LogP contribution in [0.5, 0.6) is 11.5 Å². The van der Waals surface area contributed by atoms with Crippen LogP contribution in [-0.4, -0.2) is 11.9 Å². The van der Waals surface area contributed by atoms with Gasteiger partial charge in [0.25, 0.3) is 0 Å². The average Bonchev–Trinajstić information content (AvgIpc) is 2.76. The van der Waals surface area contributed by atoms with Crippen molar-refractivity contribution in [3.05, 3.63) is 94.5 Å². The first kappa shape index (κ1) is 22.3. The van der Waals surface area contributed by atoms with Crippen molar-refractivity contribution in [1.29, 1.82) is 0 Å². The number of ether oxygens (including phenoxy) is 2. The van der Waals surface area contributed by atoms with Gasteiger partial charge in [-0.2, -0.15) is 0 Å². The molecule has 0 spiro atoms. The van der Waals surface area contributed by atoms with Gasteiger partial charge in [-0.3, -0.25) is 0 Å². The minimum Gasteiger partial charge on any atom is -0.423 e. The lowest BCUT2D eigenvalue weighted by atomic mass is 9.99. The highest BCUT2D eigenvalue weighted by Gasteiger charge is 2.14. The molecule has 0 saturated carbocycles. The number of rotatable bonds is 7. The Balaban J connectivity index is 1.64. The van der Waals surface area contributed by atoms with Gasteiger partial charge in [0.1, 0.15) is 11.5 Å². The van der Waals surface area contributed by atoms with Crippen LogP contribution in [0.15, 0.2) is 66.7 Å². The number of benzene rings is 3. The Labute approximate surface area is 183 Å². The molecule has 160 valence electrons. The first-order chi connectivity index (χ1) is 14.9. The summed E-state index contributed by atoms with van der Waals surface area (Å²) < 4.78 is 11.0. The predicted octanol–water partition coefficient (Wildman–Crippen LogP) is 6.33. The van der Waals surface area contributed by atoms with E-state index in [9.17, 15) is 9.59 Å². The normalized spacial score (nSPS) is 11.6. The standard InChI is InChI=1S/C27H28O4/c1-5-18(2)16-21-8-13-24(14-9-21)30-27(29)23-12-15-25(20(4)17-23)31-26(28)22-10-6-19(3)7-11-22/h6-15,17-18H,5,16H2,1-4H3. The molecule has 0 aliphatic heterocycles. The summed E-state index contributed by atoms with van der Waals surface area (Å²) in [6.07, 6.45) is 2.14. The van der Waals surface area contributed by atoms with Gasteiger partial charge < -0.3 is 9.47 Å². The molecule has 3 rings (SSSR count). The lowest BCUT2D eigenvalue weighted by molar-refractivity contribution is 0.0730. The van der Waals surface area contributed by atoms with Crippen LogP contribution in [0, 0.1) is 19.8 Å². The highest BCUT2D eigenvalue weighted by Crippen LogP contribution is 2.22. The van der Waals surface area contributed by atoms with E-state index in [4.69, 9.17) is 9.47 Å². The quantitative estimate of drug-likeness (QED) is 0.334. The Hall–Kier alpha value is -3.40. The van der Waals surface area contributed by atoms with E-state index >= 15 is 0 Å². The fraction of sp³-hybridized carbons (Fsp3) is 0.259. The van der Waals surface area contributed by atoms with Crippen molar-refractivity contribution in [2.75, 3.05) is 0 Å². The van der Waals surface area contributed by atoms with E-state index in [-0.39, 0.29) is 0 Å². The number of carbonyl (C=O) groups is 2. The summed E-state index contributed by atoms with van der Waals surface area (Å²) in [6.45, 7) is 8.14. The Morgan fingerprint density at radius 1 is 0.806 bits per heavy atom. The lowest BCUT2D eigenvalue weighted by Gasteiger charge is -2.11. The van der Waals surface area contributed by atoms with Crippen molar-refractivity contribution in [2.24, 2.45) is 5.92 Å². The molecular weight excluding hydrogens is 388 g/mol. The molecule has 4 nitrogen and oxygen atoms in total. The van der Waals surface area contributed by atoms with Gasteiger partial charge in [0.15, 0.2) is 0 Å². The second-order valence-electron chi connectivity index (χ2n) is 7.99. The molecule has 0 fully saturated rings. The van der Waals surface area contributed by atoms with Crippen molar-refractivity contribution in [3.8, 4) is 11.5 Å². The third-order valence-electron chi connectivity index (χ3n) is 5.32. The Bertz CT molecular complexity index is 1050. The van der Waals surface area contributed by atoms with E-state index in [2.05, 4.69) is 13.8 Å². The van der Waals surface area contributed by atoms with E-state index in [1.165, 1.54) is 5.56 Å². The molecule has 31 heavy (non-hydrogen) atoms. The van der Waals surface area contributed by atoms with Crippen LogP contribution >= 0.6 is 0 Å². The zero-order chi connectivity index (χ0) is 22.4. The van der Waals surface area contributed by atoms with E-state index < -0.39 is 11.9 Å². The molecule has 0 aliphatic rings. The molecule has 1 atom stereocenters. The monoisotopic (exact) mass is 416 g/mol. The van der Waals surface area contributed by atoms with Crippen LogP contribution in [-0.2, 0) is 6.42 Å². The Morgan fingerprint density at radius 2 is 1.42 bits per heavy atom. The number of carbonyl (C=O) groups excluding carboxylic acids is 2.